The molecule has 0 fully saturated rings. The van der Waals surface area contributed by atoms with Crippen LogP contribution in [0.1, 0.15) is 41.5 Å². The molecule has 1 atom stereocenters. The predicted molar refractivity (Wildman–Crippen MR) is 75.6 cm³/mol. The van der Waals surface area contributed by atoms with Gasteiger partial charge in [0, 0.05) is 5.92 Å². The minimum absolute atomic E-state index is 0.198. The maximum Gasteiger partial charge on any atom is 0.374 e. The summed E-state index contributed by atoms with van der Waals surface area (Å²) < 4.78 is 4.56. The van der Waals surface area contributed by atoms with Gasteiger partial charge in [-0.2, -0.15) is 0 Å². The van der Waals surface area contributed by atoms with E-state index < -0.39 is 5.97 Å². The van der Waals surface area contributed by atoms with Crippen LogP contribution >= 0.6 is 0 Å². The van der Waals surface area contributed by atoms with E-state index in [0.717, 1.165) is 12.8 Å². The number of Topliss-reactive ketones (excluding diaryl/α,β-unsaturated/α-hetero) is 1. The fourth-order valence-electron chi connectivity index (χ4n) is 3.63. The molecule has 3 heteroatoms. The van der Waals surface area contributed by atoms with Gasteiger partial charge in [-0.3, -0.25) is 4.79 Å². The van der Waals surface area contributed by atoms with E-state index in [4.69, 9.17) is 0 Å². The molecule has 0 radical (unpaired) electrons. The molecule has 0 saturated heterocycles. The van der Waals surface area contributed by atoms with E-state index in [1.165, 1.54) is 55.0 Å². The Labute approximate surface area is 119 Å². The number of methoxy groups -OCH3 is 1. The van der Waals surface area contributed by atoms with Gasteiger partial charge in [0.05, 0.1) is 7.11 Å². The Bertz CT molecular complexity index is 560. The second-order valence-corrected chi connectivity index (χ2v) is 5.84. The molecule has 0 spiro atoms. The monoisotopic (exact) mass is 272 g/mol. The number of aryl methyl sites for hydroxylation is 1. The highest BCUT2D eigenvalue weighted by atomic mass is 16.5. The number of ketones is 1. The second kappa shape index (κ2) is 5.39. The van der Waals surface area contributed by atoms with Crippen LogP contribution in [0.3, 0.4) is 0 Å². The van der Waals surface area contributed by atoms with Crippen LogP contribution in [0.5, 0.6) is 0 Å². The van der Waals surface area contributed by atoms with E-state index in [1.54, 1.807) is 0 Å². The molecule has 0 N–H and O–H groups in total. The van der Waals surface area contributed by atoms with E-state index in [9.17, 15) is 9.59 Å². The molecule has 1 unspecified atom stereocenters. The van der Waals surface area contributed by atoms with Crippen LogP contribution in [0.25, 0.3) is 0 Å². The van der Waals surface area contributed by atoms with Crippen molar-refractivity contribution in [3.63, 3.8) is 0 Å². The SMILES string of the molecule is COC(=O)C(=O)C1CCc2c(ccc3c2CCCC3)C1. The largest absolute Gasteiger partial charge is 0.463 e. The number of ether oxygens (including phenoxy) is 1. The van der Waals surface area contributed by atoms with Crippen LogP contribution in [0.15, 0.2) is 12.1 Å². The molecule has 0 heterocycles. The summed E-state index contributed by atoms with van der Waals surface area (Å²) in [7, 11) is 1.27. The highest BCUT2D eigenvalue weighted by Gasteiger charge is 2.31. The molecule has 1 aromatic rings. The van der Waals surface area contributed by atoms with Gasteiger partial charge in [-0.05, 0) is 67.2 Å². The molecular weight excluding hydrogens is 252 g/mol. The molecule has 20 heavy (non-hydrogen) atoms. The van der Waals surface area contributed by atoms with Gasteiger partial charge in [0.2, 0.25) is 5.78 Å². The van der Waals surface area contributed by atoms with Crippen molar-refractivity contribution in [3.05, 3.63) is 34.4 Å². The normalized spacial score (nSPS) is 20.8. The first-order chi connectivity index (χ1) is 9.70. The summed E-state index contributed by atoms with van der Waals surface area (Å²) in [6, 6.07) is 4.38. The van der Waals surface area contributed by atoms with Crippen molar-refractivity contribution in [2.75, 3.05) is 7.11 Å². The molecule has 0 aromatic heterocycles. The lowest BCUT2D eigenvalue weighted by atomic mass is 9.76. The molecule has 0 saturated carbocycles. The van der Waals surface area contributed by atoms with Crippen LogP contribution < -0.4 is 0 Å². The van der Waals surface area contributed by atoms with E-state index in [1.807, 2.05) is 0 Å². The molecule has 3 rings (SSSR count). The zero-order valence-corrected chi connectivity index (χ0v) is 11.9. The molecule has 2 aliphatic rings. The minimum Gasteiger partial charge on any atom is -0.463 e. The van der Waals surface area contributed by atoms with Crippen LogP contribution in [0, 0.1) is 5.92 Å². The average molecular weight is 272 g/mol. The number of carbonyl (C=O) groups is 2. The fraction of sp³-hybridized carbons (Fsp3) is 0.529. The van der Waals surface area contributed by atoms with Gasteiger partial charge in [-0.1, -0.05) is 12.1 Å². The summed E-state index contributed by atoms with van der Waals surface area (Å²) in [6.45, 7) is 0. The summed E-state index contributed by atoms with van der Waals surface area (Å²) in [5.74, 6) is -1.26. The van der Waals surface area contributed by atoms with Crippen molar-refractivity contribution in [2.24, 2.45) is 5.92 Å². The Balaban J connectivity index is 1.86. The number of carbonyl (C=O) groups excluding carboxylic acids is 2. The molecule has 3 nitrogen and oxygen atoms in total. The third-order valence-electron chi connectivity index (χ3n) is 4.71. The Morgan fingerprint density at radius 1 is 1.05 bits per heavy atom. The Morgan fingerprint density at radius 2 is 1.75 bits per heavy atom. The number of hydrogen-bond acceptors (Lipinski definition) is 3. The van der Waals surface area contributed by atoms with Crippen molar-refractivity contribution in [3.8, 4) is 0 Å². The third kappa shape index (κ3) is 2.26. The molecule has 106 valence electrons. The van der Waals surface area contributed by atoms with Gasteiger partial charge >= 0.3 is 5.97 Å². The number of hydrogen-bond donors (Lipinski definition) is 0. The number of fused-ring (bicyclic) bond motifs is 3. The molecule has 1 aromatic carbocycles. The fourth-order valence-corrected chi connectivity index (χ4v) is 3.63. The summed E-state index contributed by atoms with van der Waals surface area (Å²) >= 11 is 0. The highest BCUT2D eigenvalue weighted by molar-refractivity contribution is 6.34. The Hall–Kier alpha value is -1.64. The summed E-state index contributed by atoms with van der Waals surface area (Å²) in [6.07, 6.45) is 7.31. The smallest absolute Gasteiger partial charge is 0.374 e. The predicted octanol–water partition coefficient (Wildman–Crippen LogP) is 2.41. The van der Waals surface area contributed by atoms with Gasteiger partial charge in [0.1, 0.15) is 0 Å². The first-order valence-corrected chi connectivity index (χ1v) is 7.45. The van der Waals surface area contributed by atoms with Crippen LogP contribution in [0.2, 0.25) is 0 Å². The van der Waals surface area contributed by atoms with Crippen molar-refractivity contribution in [1.29, 1.82) is 0 Å². The van der Waals surface area contributed by atoms with Crippen molar-refractivity contribution in [1.82, 2.24) is 0 Å². The van der Waals surface area contributed by atoms with Crippen molar-refractivity contribution >= 4 is 11.8 Å². The van der Waals surface area contributed by atoms with Crippen molar-refractivity contribution < 1.29 is 14.3 Å². The topological polar surface area (TPSA) is 43.4 Å². The molecule has 0 amide bonds. The maximum atomic E-state index is 12.0. The van der Waals surface area contributed by atoms with Crippen LogP contribution in [-0.4, -0.2) is 18.9 Å². The van der Waals surface area contributed by atoms with Gasteiger partial charge in [-0.15, -0.1) is 0 Å². The second-order valence-electron chi connectivity index (χ2n) is 5.84. The lowest BCUT2D eigenvalue weighted by molar-refractivity contribution is -0.153. The van der Waals surface area contributed by atoms with Gasteiger partial charge in [0.25, 0.3) is 0 Å². The summed E-state index contributed by atoms with van der Waals surface area (Å²) in [4.78, 5) is 23.3. The average Bonchev–Trinajstić information content (AvgIpc) is 2.52. The quantitative estimate of drug-likeness (QED) is 0.613. The number of rotatable bonds is 2. The molecule has 0 aliphatic heterocycles. The van der Waals surface area contributed by atoms with E-state index in [0.29, 0.717) is 6.42 Å². The minimum atomic E-state index is -0.698. The van der Waals surface area contributed by atoms with Crippen molar-refractivity contribution in [2.45, 2.75) is 44.9 Å². The highest BCUT2D eigenvalue weighted by Crippen LogP contribution is 2.33. The number of benzene rings is 1. The Morgan fingerprint density at radius 3 is 2.55 bits per heavy atom. The molecule has 0 bridgehead atoms. The lowest BCUT2D eigenvalue weighted by Gasteiger charge is -2.28. The number of esters is 1. The lowest BCUT2D eigenvalue weighted by Crippen LogP contribution is -2.30. The van der Waals surface area contributed by atoms with Crippen LogP contribution in [0.4, 0.5) is 0 Å². The van der Waals surface area contributed by atoms with E-state index >= 15 is 0 Å². The third-order valence-corrected chi connectivity index (χ3v) is 4.71. The van der Waals surface area contributed by atoms with E-state index in [-0.39, 0.29) is 11.7 Å². The molecular formula is C17H20O3. The van der Waals surface area contributed by atoms with Gasteiger partial charge < -0.3 is 4.74 Å². The summed E-state index contributed by atoms with van der Waals surface area (Å²) in [5, 5.41) is 0. The van der Waals surface area contributed by atoms with Gasteiger partial charge in [-0.25, -0.2) is 4.79 Å². The first kappa shape index (κ1) is 13.3. The Kier molecular flexibility index (Phi) is 3.60. The van der Waals surface area contributed by atoms with Crippen LogP contribution in [-0.2, 0) is 40.0 Å². The zero-order valence-electron chi connectivity index (χ0n) is 11.9. The molecule has 2 aliphatic carbocycles. The zero-order chi connectivity index (χ0) is 14.1. The first-order valence-electron chi connectivity index (χ1n) is 7.45. The van der Waals surface area contributed by atoms with E-state index in [2.05, 4.69) is 16.9 Å². The standard InChI is InChI=1S/C17H20O3/c1-20-17(19)16(18)13-8-9-15-12(10-13)7-6-11-4-2-3-5-14(11)15/h6-7,13H,2-5,8-10H2,1H3. The maximum absolute atomic E-state index is 12.0. The van der Waals surface area contributed by atoms with Gasteiger partial charge in [0.15, 0.2) is 0 Å². The summed E-state index contributed by atoms with van der Waals surface area (Å²) in [5.41, 5.74) is 5.74.